The molecule has 2 aliphatic rings. The molecule has 0 saturated carbocycles. The van der Waals surface area contributed by atoms with Crippen molar-refractivity contribution in [3.05, 3.63) is 71.1 Å². The van der Waals surface area contributed by atoms with Gasteiger partial charge in [0.15, 0.2) is 5.43 Å². The highest BCUT2D eigenvalue weighted by molar-refractivity contribution is 5.85. The zero-order valence-corrected chi connectivity index (χ0v) is 10.1. The molecule has 2 heterocycles. The normalized spacial score (nSPS) is 11.4. The van der Waals surface area contributed by atoms with E-state index in [-0.39, 0.29) is 5.43 Å². The van der Waals surface area contributed by atoms with Crippen LogP contribution in [-0.4, -0.2) is 9.38 Å². The number of aromatic nitrogens is 2. The summed E-state index contributed by atoms with van der Waals surface area (Å²) in [5, 5.41) is 1.06. The molecule has 1 aliphatic heterocycles. The highest BCUT2D eigenvalue weighted by Crippen LogP contribution is 2.23. The summed E-state index contributed by atoms with van der Waals surface area (Å²) in [5.41, 5.74) is 3.23. The summed E-state index contributed by atoms with van der Waals surface area (Å²) in [5.74, 6) is 0. The van der Waals surface area contributed by atoms with Gasteiger partial charge in [0, 0.05) is 17.8 Å². The van der Waals surface area contributed by atoms with Crippen LogP contribution in [0.5, 0.6) is 0 Å². The van der Waals surface area contributed by atoms with Gasteiger partial charge in [-0.25, -0.2) is 4.98 Å². The van der Waals surface area contributed by atoms with Gasteiger partial charge < -0.3 is 4.40 Å². The molecule has 0 saturated heterocycles. The van der Waals surface area contributed by atoms with Crippen molar-refractivity contribution in [2.75, 3.05) is 0 Å². The molecular formula is C16H10N2O. The van der Waals surface area contributed by atoms with Crippen LogP contribution in [0.4, 0.5) is 0 Å². The van der Waals surface area contributed by atoms with Gasteiger partial charge in [-0.2, -0.15) is 0 Å². The van der Waals surface area contributed by atoms with E-state index in [1.807, 2.05) is 53.2 Å². The Morgan fingerprint density at radius 2 is 1.84 bits per heavy atom. The van der Waals surface area contributed by atoms with Crippen LogP contribution in [0.1, 0.15) is 0 Å². The number of pyridine rings is 1. The molecule has 3 nitrogen and oxygen atoms in total. The van der Waals surface area contributed by atoms with Gasteiger partial charge in [0.25, 0.3) is 0 Å². The van der Waals surface area contributed by atoms with Crippen LogP contribution < -0.4 is 5.43 Å². The summed E-state index contributed by atoms with van der Waals surface area (Å²) in [6.45, 7) is 0. The molecule has 1 aromatic carbocycles. The second-order valence-corrected chi connectivity index (χ2v) is 4.57. The third-order valence-electron chi connectivity index (χ3n) is 3.38. The van der Waals surface area contributed by atoms with Gasteiger partial charge in [0.1, 0.15) is 5.65 Å². The average molecular weight is 246 g/mol. The molecule has 0 N–H and O–H groups in total. The van der Waals surface area contributed by atoms with E-state index in [1.165, 1.54) is 0 Å². The van der Waals surface area contributed by atoms with Gasteiger partial charge in [-0.1, -0.05) is 30.3 Å². The first kappa shape index (κ1) is 10.3. The Kier molecular flexibility index (Phi) is 1.97. The van der Waals surface area contributed by atoms with Crippen molar-refractivity contribution in [3.8, 4) is 11.1 Å². The molecule has 3 heteroatoms. The van der Waals surface area contributed by atoms with Crippen LogP contribution in [0, 0.1) is 0 Å². The number of benzene rings is 2. The number of hydrogen-bond acceptors (Lipinski definition) is 2. The van der Waals surface area contributed by atoms with Crippen LogP contribution in [-0.2, 0) is 0 Å². The Morgan fingerprint density at radius 1 is 0.947 bits per heavy atom. The predicted octanol–water partition coefficient (Wildman–Crippen LogP) is 2.95. The van der Waals surface area contributed by atoms with E-state index in [2.05, 4.69) is 4.98 Å². The van der Waals surface area contributed by atoms with E-state index < -0.39 is 0 Å². The van der Waals surface area contributed by atoms with Crippen molar-refractivity contribution in [1.29, 1.82) is 0 Å². The predicted molar refractivity (Wildman–Crippen MR) is 75.6 cm³/mol. The molecule has 1 aromatic heterocycles. The lowest BCUT2D eigenvalue weighted by molar-refractivity contribution is 1.13. The lowest BCUT2D eigenvalue weighted by atomic mass is 10.1. The van der Waals surface area contributed by atoms with Crippen LogP contribution in [0.3, 0.4) is 0 Å². The zero-order chi connectivity index (χ0) is 12.8. The quantitative estimate of drug-likeness (QED) is 0.353. The van der Waals surface area contributed by atoms with Crippen molar-refractivity contribution in [1.82, 2.24) is 9.38 Å². The summed E-state index contributed by atoms with van der Waals surface area (Å²) < 4.78 is 1.91. The summed E-state index contributed by atoms with van der Waals surface area (Å²) in [7, 11) is 0. The Morgan fingerprint density at radius 3 is 2.79 bits per heavy atom. The first-order chi connectivity index (χ1) is 9.33. The molecule has 0 unspecified atom stereocenters. The molecule has 0 bridgehead atoms. The van der Waals surface area contributed by atoms with E-state index in [0.717, 1.165) is 16.5 Å². The number of rotatable bonds is 0. The molecule has 0 amide bonds. The largest absolute Gasteiger partial charge is 0.307 e. The maximum absolute atomic E-state index is 12.1. The van der Waals surface area contributed by atoms with E-state index in [1.54, 1.807) is 12.1 Å². The average Bonchev–Trinajstić information content (AvgIpc) is 2.45. The molecular weight excluding hydrogens is 236 g/mol. The van der Waals surface area contributed by atoms with Gasteiger partial charge in [0.05, 0.1) is 11.1 Å². The minimum atomic E-state index is 0.0124. The van der Waals surface area contributed by atoms with E-state index in [4.69, 9.17) is 0 Å². The van der Waals surface area contributed by atoms with Gasteiger partial charge in [-0.05, 0) is 23.8 Å². The van der Waals surface area contributed by atoms with Gasteiger partial charge in [-0.3, -0.25) is 4.79 Å². The van der Waals surface area contributed by atoms with E-state index in [9.17, 15) is 4.79 Å². The summed E-state index contributed by atoms with van der Waals surface area (Å²) in [6.07, 6.45) is 3.94. The monoisotopic (exact) mass is 246 g/mol. The Hall–Kier alpha value is -2.68. The maximum atomic E-state index is 12.1. The van der Waals surface area contributed by atoms with Crippen LogP contribution in [0.15, 0.2) is 65.7 Å². The Balaban J connectivity index is 2.29. The summed E-state index contributed by atoms with van der Waals surface area (Å²) in [4.78, 5) is 16.7. The van der Waals surface area contributed by atoms with Crippen molar-refractivity contribution in [2.24, 2.45) is 0 Å². The third kappa shape index (κ3) is 1.45. The molecule has 0 radical (unpaired) electrons. The molecule has 1 aliphatic carbocycles. The number of fused-ring (bicyclic) bond motifs is 4. The number of para-hydroxylation sites is 1. The minimum Gasteiger partial charge on any atom is -0.307 e. The fourth-order valence-electron chi connectivity index (χ4n) is 2.47. The van der Waals surface area contributed by atoms with Crippen molar-refractivity contribution in [3.63, 3.8) is 0 Å². The van der Waals surface area contributed by atoms with E-state index in [0.29, 0.717) is 11.2 Å². The second kappa shape index (κ2) is 3.65. The second-order valence-electron chi connectivity index (χ2n) is 4.57. The summed E-state index contributed by atoms with van der Waals surface area (Å²) in [6, 6.07) is 15.2. The van der Waals surface area contributed by atoms with Gasteiger partial charge in [-0.15, -0.1) is 0 Å². The first-order valence-electron chi connectivity index (χ1n) is 6.12. The fourth-order valence-corrected chi connectivity index (χ4v) is 2.47. The van der Waals surface area contributed by atoms with Crippen LogP contribution >= 0.6 is 0 Å². The first-order valence-corrected chi connectivity index (χ1v) is 6.12. The Labute approximate surface area is 109 Å². The van der Waals surface area contributed by atoms with Crippen LogP contribution in [0.25, 0.3) is 27.7 Å². The molecule has 0 atom stereocenters. The van der Waals surface area contributed by atoms with Crippen LogP contribution in [0.2, 0.25) is 0 Å². The molecule has 19 heavy (non-hydrogen) atoms. The van der Waals surface area contributed by atoms with Gasteiger partial charge >= 0.3 is 0 Å². The van der Waals surface area contributed by atoms with Crippen molar-refractivity contribution in [2.45, 2.75) is 0 Å². The van der Waals surface area contributed by atoms with E-state index >= 15 is 0 Å². The number of hydrogen-bond donors (Lipinski definition) is 0. The number of nitrogens with zero attached hydrogens (tertiary/aromatic N) is 2. The molecule has 90 valence electrons. The fraction of sp³-hybridized carbons (Fsp3) is 0. The highest BCUT2D eigenvalue weighted by Gasteiger charge is 2.11. The third-order valence-corrected chi connectivity index (χ3v) is 3.38. The standard InChI is InChI=1S/C16H10N2O/c19-14-7-3-5-11-8-9-18-10-12-4-1-2-6-13(12)17-16(18)15(11)14/h1-10H. The molecule has 2 aromatic rings. The smallest absolute Gasteiger partial charge is 0.190 e. The minimum absolute atomic E-state index is 0.0124. The topological polar surface area (TPSA) is 34.4 Å². The molecule has 0 spiro atoms. The molecule has 0 fully saturated rings. The SMILES string of the molecule is O=c1cccc2ccn3cc4ccccc4nc3c1-2. The lowest BCUT2D eigenvalue weighted by Crippen LogP contribution is -2.08. The lowest BCUT2D eigenvalue weighted by Gasteiger charge is -2.10. The van der Waals surface area contributed by atoms with Crippen molar-refractivity contribution >= 4 is 16.6 Å². The summed E-state index contributed by atoms with van der Waals surface area (Å²) >= 11 is 0. The maximum Gasteiger partial charge on any atom is 0.190 e. The highest BCUT2D eigenvalue weighted by atomic mass is 16.1. The van der Waals surface area contributed by atoms with Crippen molar-refractivity contribution < 1.29 is 0 Å². The van der Waals surface area contributed by atoms with Gasteiger partial charge in [0.2, 0.25) is 0 Å². The molecule has 4 rings (SSSR count). The zero-order valence-electron chi connectivity index (χ0n) is 10.1. The Bertz CT molecular complexity index is 940.